The van der Waals surface area contributed by atoms with Crippen molar-refractivity contribution in [2.75, 3.05) is 46.9 Å². The smallest absolute Gasteiger partial charge is 0.243 e. The number of nitrogens with zero attached hydrogens (tertiary/aromatic N) is 3. The highest BCUT2D eigenvalue weighted by Gasteiger charge is 2.17. The van der Waals surface area contributed by atoms with E-state index in [2.05, 4.69) is 34.5 Å². The number of guanidine groups is 1. The Kier molecular flexibility index (Phi) is 10.4. The molecule has 2 rings (SSSR count). The molecule has 7 nitrogen and oxygen atoms in total. The van der Waals surface area contributed by atoms with Gasteiger partial charge in [0.1, 0.15) is 6.54 Å². The Morgan fingerprint density at radius 1 is 1.50 bits per heavy atom. The van der Waals surface area contributed by atoms with Crippen LogP contribution < -0.4 is 10.6 Å². The monoisotopic (exact) mass is 495 g/mol. The predicted octanol–water partition coefficient (Wildman–Crippen LogP) is 1.83. The van der Waals surface area contributed by atoms with Gasteiger partial charge in [0.25, 0.3) is 0 Å². The first-order chi connectivity index (χ1) is 12.0. The van der Waals surface area contributed by atoms with Gasteiger partial charge in [-0.05, 0) is 13.3 Å². The van der Waals surface area contributed by atoms with Crippen LogP contribution in [0, 0.1) is 12.8 Å². The van der Waals surface area contributed by atoms with Gasteiger partial charge in [-0.25, -0.2) is 9.98 Å². The molecule has 1 saturated heterocycles. The van der Waals surface area contributed by atoms with Crippen LogP contribution in [0.5, 0.6) is 0 Å². The summed E-state index contributed by atoms with van der Waals surface area (Å²) in [7, 11) is 3.47. The van der Waals surface area contributed by atoms with Crippen molar-refractivity contribution >= 4 is 47.2 Å². The molecule has 1 aliphatic rings. The van der Waals surface area contributed by atoms with Gasteiger partial charge >= 0.3 is 0 Å². The van der Waals surface area contributed by atoms with Crippen LogP contribution in [0.15, 0.2) is 11.2 Å². The summed E-state index contributed by atoms with van der Waals surface area (Å²) in [6.07, 6.45) is 2.96. The van der Waals surface area contributed by atoms with Gasteiger partial charge in [0.2, 0.25) is 5.91 Å². The number of hydrogen-bond acceptors (Lipinski definition) is 5. The fraction of sp³-hybridized carbons (Fsp3) is 0.706. The lowest BCUT2D eigenvalue weighted by molar-refractivity contribution is -0.127. The van der Waals surface area contributed by atoms with Crippen LogP contribution >= 0.6 is 35.3 Å². The molecule has 2 heterocycles. The van der Waals surface area contributed by atoms with Crippen molar-refractivity contribution in [2.24, 2.45) is 10.9 Å². The van der Waals surface area contributed by atoms with Crippen molar-refractivity contribution in [3.63, 3.8) is 0 Å². The topological polar surface area (TPSA) is 78.9 Å². The fourth-order valence-corrected chi connectivity index (χ4v) is 3.21. The maximum atomic E-state index is 11.8. The maximum absolute atomic E-state index is 11.8. The van der Waals surface area contributed by atoms with Gasteiger partial charge in [-0.1, -0.05) is 6.92 Å². The minimum Gasteiger partial charge on any atom is -0.381 e. The Balaban J connectivity index is 0.00000338. The predicted molar refractivity (Wildman–Crippen MR) is 117 cm³/mol. The molecule has 1 aromatic rings. The molecule has 1 aromatic heterocycles. The number of hydrogen-bond donors (Lipinski definition) is 2. The number of amides is 1. The van der Waals surface area contributed by atoms with Crippen LogP contribution in [-0.2, 0) is 9.53 Å². The number of aromatic nitrogens is 1. The quantitative estimate of drug-likeness (QED) is 0.343. The molecule has 0 saturated carbocycles. The fourth-order valence-electron chi connectivity index (χ4n) is 2.38. The molecule has 0 spiro atoms. The van der Waals surface area contributed by atoms with Gasteiger partial charge in [-0.15, -0.1) is 35.3 Å². The van der Waals surface area contributed by atoms with E-state index in [1.54, 1.807) is 30.3 Å². The largest absolute Gasteiger partial charge is 0.381 e. The van der Waals surface area contributed by atoms with Crippen LogP contribution in [0.4, 0.5) is 0 Å². The second kappa shape index (κ2) is 11.7. The molecule has 0 aromatic carbocycles. The first-order valence-corrected chi connectivity index (χ1v) is 9.49. The molecule has 1 amide bonds. The molecule has 26 heavy (non-hydrogen) atoms. The molecule has 0 radical (unpaired) electrons. The SMILES string of the molecule is Cc1cnc(C(C)CNC(=NCC(=O)N(C)C)NCC2CCOC2)s1.I. The molecule has 1 fully saturated rings. The lowest BCUT2D eigenvalue weighted by Gasteiger charge is -2.17. The summed E-state index contributed by atoms with van der Waals surface area (Å²) < 4.78 is 5.41. The first kappa shape index (κ1) is 23.1. The third-order valence-electron chi connectivity index (χ3n) is 4.09. The lowest BCUT2D eigenvalue weighted by atomic mass is 10.1. The van der Waals surface area contributed by atoms with Crippen molar-refractivity contribution in [3.05, 3.63) is 16.1 Å². The molecular formula is C17H30IN5O2S. The number of rotatable bonds is 7. The van der Waals surface area contributed by atoms with Gasteiger partial charge in [0.15, 0.2) is 5.96 Å². The van der Waals surface area contributed by atoms with Crippen molar-refractivity contribution in [1.82, 2.24) is 20.5 Å². The standard InChI is InChI=1S/C17H29N5O2S.HI/c1-12(16-18-8-13(2)25-16)7-19-17(21-10-15(23)22(3)4)20-9-14-5-6-24-11-14;/h8,12,14H,5-7,9-11H2,1-4H3,(H2,19,20,21);1H. The Bertz CT molecular complexity index is 587. The second-order valence-electron chi connectivity index (χ2n) is 6.65. The van der Waals surface area contributed by atoms with E-state index in [1.165, 1.54) is 4.88 Å². The number of carbonyl (C=O) groups excluding carboxylic acids is 1. The summed E-state index contributed by atoms with van der Waals surface area (Å²) in [5, 5.41) is 7.79. The van der Waals surface area contributed by atoms with Gasteiger partial charge in [-0.2, -0.15) is 0 Å². The summed E-state index contributed by atoms with van der Waals surface area (Å²) in [4.78, 5) is 23.4. The third-order valence-corrected chi connectivity index (χ3v) is 5.23. The van der Waals surface area contributed by atoms with Gasteiger partial charge < -0.3 is 20.3 Å². The highest BCUT2D eigenvalue weighted by atomic mass is 127. The minimum atomic E-state index is -0.0195. The van der Waals surface area contributed by atoms with Crippen LogP contribution in [0.1, 0.15) is 29.1 Å². The van der Waals surface area contributed by atoms with Gasteiger partial charge in [-0.3, -0.25) is 4.79 Å². The summed E-state index contributed by atoms with van der Waals surface area (Å²) in [5.41, 5.74) is 0. The second-order valence-corrected chi connectivity index (χ2v) is 7.92. The normalized spacial score (nSPS) is 18.2. The zero-order valence-corrected chi connectivity index (χ0v) is 19.1. The van der Waals surface area contributed by atoms with Crippen LogP contribution in [-0.4, -0.2) is 68.7 Å². The number of carbonyl (C=O) groups is 1. The van der Waals surface area contributed by atoms with E-state index in [0.29, 0.717) is 11.9 Å². The van der Waals surface area contributed by atoms with E-state index in [0.717, 1.165) is 37.7 Å². The highest BCUT2D eigenvalue weighted by molar-refractivity contribution is 14.0. The summed E-state index contributed by atoms with van der Waals surface area (Å²) >= 11 is 1.71. The van der Waals surface area contributed by atoms with E-state index in [9.17, 15) is 4.79 Å². The Morgan fingerprint density at radius 3 is 2.85 bits per heavy atom. The maximum Gasteiger partial charge on any atom is 0.243 e. The van der Waals surface area contributed by atoms with Crippen molar-refractivity contribution in [1.29, 1.82) is 0 Å². The number of aryl methyl sites for hydroxylation is 1. The minimum absolute atomic E-state index is 0. The van der Waals surface area contributed by atoms with Crippen molar-refractivity contribution in [2.45, 2.75) is 26.2 Å². The third kappa shape index (κ3) is 7.75. The molecule has 2 N–H and O–H groups in total. The zero-order valence-electron chi connectivity index (χ0n) is 15.9. The Labute approximate surface area is 177 Å². The van der Waals surface area contributed by atoms with Crippen LogP contribution in [0.25, 0.3) is 0 Å². The van der Waals surface area contributed by atoms with Gasteiger partial charge in [0.05, 0.1) is 11.6 Å². The molecule has 1 aliphatic heterocycles. The molecule has 148 valence electrons. The van der Waals surface area contributed by atoms with E-state index in [1.807, 2.05) is 6.20 Å². The number of aliphatic imine (C=N–C) groups is 1. The van der Waals surface area contributed by atoms with E-state index >= 15 is 0 Å². The number of nitrogens with one attached hydrogen (secondary N) is 2. The molecule has 2 unspecified atom stereocenters. The number of thiazole rings is 1. The van der Waals surface area contributed by atoms with Crippen LogP contribution in [0.2, 0.25) is 0 Å². The summed E-state index contributed by atoms with van der Waals surface area (Å²) in [5.74, 6) is 1.43. The van der Waals surface area contributed by atoms with E-state index in [4.69, 9.17) is 4.74 Å². The highest BCUT2D eigenvalue weighted by Crippen LogP contribution is 2.20. The molecule has 0 aliphatic carbocycles. The van der Waals surface area contributed by atoms with E-state index in [-0.39, 0.29) is 42.3 Å². The number of ether oxygens (including phenoxy) is 1. The summed E-state index contributed by atoms with van der Waals surface area (Å²) in [6, 6.07) is 0. The summed E-state index contributed by atoms with van der Waals surface area (Å²) in [6.45, 7) is 7.46. The zero-order chi connectivity index (χ0) is 18.2. The average molecular weight is 495 g/mol. The van der Waals surface area contributed by atoms with Gasteiger partial charge in [0, 0.05) is 56.7 Å². The Hall–Kier alpha value is -0.940. The molecular weight excluding hydrogens is 465 g/mol. The van der Waals surface area contributed by atoms with Crippen molar-refractivity contribution in [3.8, 4) is 0 Å². The van der Waals surface area contributed by atoms with Crippen LogP contribution in [0.3, 0.4) is 0 Å². The molecule has 2 atom stereocenters. The molecule has 9 heteroatoms. The number of halogens is 1. The first-order valence-electron chi connectivity index (χ1n) is 8.68. The van der Waals surface area contributed by atoms with Crippen molar-refractivity contribution < 1.29 is 9.53 Å². The number of likely N-dealkylation sites (N-methyl/N-ethyl adjacent to an activating group) is 1. The van der Waals surface area contributed by atoms with E-state index < -0.39 is 0 Å². The Morgan fingerprint density at radius 2 is 2.27 bits per heavy atom. The molecule has 0 bridgehead atoms. The lowest BCUT2D eigenvalue weighted by Crippen LogP contribution is -2.42. The average Bonchev–Trinajstić information content (AvgIpc) is 3.24.